The molecule has 1 aromatic carbocycles. The first-order valence-electron chi connectivity index (χ1n) is 6.54. The van der Waals surface area contributed by atoms with Gasteiger partial charge >= 0.3 is 0 Å². The van der Waals surface area contributed by atoms with E-state index >= 15 is 0 Å². The van der Waals surface area contributed by atoms with Crippen LogP contribution in [0.4, 0.5) is 13.9 Å². The summed E-state index contributed by atoms with van der Waals surface area (Å²) < 4.78 is 27.1. The third-order valence-corrected chi connectivity index (χ3v) is 4.42. The highest BCUT2D eigenvalue weighted by atomic mass is 32.1. The van der Waals surface area contributed by atoms with Crippen LogP contribution in [0.2, 0.25) is 0 Å². The van der Waals surface area contributed by atoms with Crippen LogP contribution in [0, 0.1) is 11.6 Å². The number of hydrogen-bond acceptors (Lipinski definition) is 4. The number of aromatic nitrogens is 1. The van der Waals surface area contributed by atoms with Gasteiger partial charge in [-0.2, -0.15) is 0 Å². The fraction of sp³-hybridized carbons (Fsp3) is 0.286. The van der Waals surface area contributed by atoms with E-state index in [2.05, 4.69) is 10.3 Å². The van der Waals surface area contributed by atoms with E-state index in [4.69, 9.17) is 5.73 Å². The summed E-state index contributed by atoms with van der Waals surface area (Å²) in [5.41, 5.74) is 6.20. The van der Waals surface area contributed by atoms with Crippen LogP contribution >= 0.6 is 11.3 Å². The Bertz CT molecular complexity index is 681. The zero-order chi connectivity index (χ0) is 15.0. The second kappa shape index (κ2) is 5.50. The number of anilines is 1. The van der Waals surface area contributed by atoms with Gasteiger partial charge in [-0.3, -0.25) is 10.1 Å². The molecule has 0 bridgehead atoms. The van der Waals surface area contributed by atoms with E-state index in [9.17, 15) is 13.6 Å². The average molecular weight is 309 g/mol. The Labute approximate surface area is 124 Å². The summed E-state index contributed by atoms with van der Waals surface area (Å²) in [4.78, 5) is 17.3. The van der Waals surface area contributed by atoms with E-state index in [0.717, 1.165) is 42.0 Å². The fourth-order valence-corrected chi connectivity index (χ4v) is 3.42. The molecule has 3 rings (SSSR count). The lowest BCUT2D eigenvalue weighted by Crippen LogP contribution is -2.27. The molecule has 4 nitrogen and oxygen atoms in total. The predicted molar refractivity (Wildman–Crippen MR) is 76.4 cm³/mol. The molecule has 0 saturated heterocycles. The van der Waals surface area contributed by atoms with Crippen molar-refractivity contribution in [3.05, 3.63) is 46.0 Å². The Hall–Kier alpha value is -1.86. The zero-order valence-corrected chi connectivity index (χ0v) is 11.8. The number of carbonyl (C=O) groups excluding carboxylic acids is 1. The maximum absolute atomic E-state index is 13.5. The first-order chi connectivity index (χ1) is 10.0. The van der Waals surface area contributed by atoms with Gasteiger partial charge in [0, 0.05) is 10.9 Å². The molecule has 1 aliphatic carbocycles. The Balaban J connectivity index is 1.82. The van der Waals surface area contributed by atoms with Crippen LogP contribution in [0.15, 0.2) is 18.2 Å². The molecular weight excluding hydrogens is 296 g/mol. The Morgan fingerprint density at radius 1 is 1.38 bits per heavy atom. The van der Waals surface area contributed by atoms with Crippen molar-refractivity contribution in [2.24, 2.45) is 5.73 Å². The number of carbonyl (C=O) groups is 1. The topological polar surface area (TPSA) is 68.0 Å². The summed E-state index contributed by atoms with van der Waals surface area (Å²) in [6.07, 6.45) is 2.33. The summed E-state index contributed by atoms with van der Waals surface area (Å²) in [5.74, 6) is -2.62. The highest BCUT2D eigenvalue weighted by Crippen LogP contribution is 2.29. The molecular formula is C14H13F2N3OS. The van der Waals surface area contributed by atoms with E-state index in [0.29, 0.717) is 5.13 Å². The Kier molecular flexibility index (Phi) is 3.69. The molecule has 0 aliphatic heterocycles. The molecule has 21 heavy (non-hydrogen) atoms. The molecule has 1 aromatic heterocycles. The Morgan fingerprint density at radius 3 is 2.81 bits per heavy atom. The largest absolute Gasteiger partial charge is 0.327 e. The van der Waals surface area contributed by atoms with E-state index in [1.807, 2.05) is 0 Å². The van der Waals surface area contributed by atoms with E-state index in [1.54, 1.807) is 0 Å². The summed E-state index contributed by atoms with van der Waals surface area (Å²) in [6, 6.07) is 3.41. The molecule has 0 unspecified atom stereocenters. The second-order valence-electron chi connectivity index (χ2n) is 4.94. The van der Waals surface area contributed by atoms with Gasteiger partial charge in [0.25, 0.3) is 5.91 Å². The van der Waals surface area contributed by atoms with Crippen LogP contribution < -0.4 is 11.1 Å². The van der Waals surface area contributed by atoms with Crippen molar-refractivity contribution < 1.29 is 13.6 Å². The zero-order valence-electron chi connectivity index (χ0n) is 11.0. The number of nitrogens with one attached hydrogen (secondary N) is 1. The molecule has 110 valence electrons. The van der Waals surface area contributed by atoms with Gasteiger partial charge in [0.05, 0.1) is 5.69 Å². The van der Waals surface area contributed by atoms with E-state index in [1.165, 1.54) is 17.4 Å². The van der Waals surface area contributed by atoms with Crippen molar-refractivity contribution in [3.63, 3.8) is 0 Å². The molecule has 1 heterocycles. The van der Waals surface area contributed by atoms with E-state index in [-0.39, 0.29) is 6.04 Å². The van der Waals surface area contributed by atoms with Gasteiger partial charge in [-0.25, -0.2) is 13.8 Å². The SMILES string of the molecule is N[C@H]1CCc2nc(NC(=O)c3c(F)cccc3F)sc2C1. The number of rotatable bonds is 2. The number of aryl methyl sites for hydroxylation is 1. The lowest BCUT2D eigenvalue weighted by Gasteiger charge is -2.15. The van der Waals surface area contributed by atoms with Crippen molar-refractivity contribution in [1.29, 1.82) is 0 Å². The van der Waals surface area contributed by atoms with Gasteiger partial charge in [0.1, 0.15) is 17.2 Å². The minimum atomic E-state index is -0.893. The molecule has 3 N–H and O–H groups in total. The third-order valence-electron chi connectivity index (χ3n) is 3.39. The number of fused-ring (bicyclic) bond motifs is 1. The molecule has 0 saturated carbocycles. The number of benzene rings is 1. The molecule has 1 amide bonds. The van der Waals surface area contributed by atoms with Crippen LogP contribution in [0.1, 0.15) is 27.3 Å². The van der Waals surface area contributed by atoms with Gasteiger partial charge in [0.2, 0.25) is 0 Å². The van der Waals surface area contributed by atoms with Crippen LogP contribution in [0.5, 0.6) is 0 Å². The quantitative estimate of drug-likeness (QED) is 0.895. The van der Waals surface area contributed by atoms with Gasteiger partial charge < -0.3 is 5.73 Å². The minimum absolute atomic E-state index is 0.102. The first kappa shape index (κ1) is 14.1. The first-order valence-corrected chi connectivity index (χ1v) is 7.36. The lowest BCUT2D eigenvalue weighted by atomic mass is 9.99. The molecule has 1 atom stereocenters. The minimum Gasteiger partial charge on any atom is -0.327 e. The van der Waals surface area contributed by atoms with Crippen LogP contribution in [0.3, 0.4) is 0 Å². The van der Waals surface area contributed by atoms with Crippen LogP contribution in [-0.2, 0) is 12.8 Å². The normalized spacial score (nSPS) is 17.4. The number of nitrogens with zero attached hydrogens (tertiary/aromatic N) is 1. The Morgan fingerprint density at radius 2 is 2.10 bits per heavy atom. The number of halogens is 2. The maximum atomic E-state index is 13.5. The highest BCUT2D eigenvalue weighted by Gasteiger charge is 2.22. The number of hydrogen-bond donors (Lipinski definition) is 2. The average Bonchev–Trinajstić information content (AvgIpc) is 2.79. The summed E-state index contributed by atoms with van der Waals surface area (Å²) in [7, 11) is 0. The molecule has 7 heteroatoms. The lowest BCUT2D eigenvalue weighted by molar-refractivity contribution is 0.101. The summed E-state index contributed by atoms with van der Waals surface area (Å²) in [6.45, 7) is 0. The maximum Gasteiger partial charge on any atom is 0.263 e. The fourth-order valence-electron chi connectivity index (χ4n) is 2.33. The molecule has 1 aliphatic rings. The van der Waals surface area contributed by atoms with E-state index < -0.39 is 23.1 Å². The van der Waals surface area contributed by atoms with Crippen LogP contribution in [-0.4, -0.2) is 16.9 Å². The molecule has 0 fully saturated rings. The van der Waals surface area contributed by atoms with Crippen LogP contribution in [0.25, 0.3) is 0 Å². The monoisotopic (exact) mass is 309 g/mol. The predicted octanol–water partition coefficient (Wildman–Crippen LogP) is 2.49. The molecule has 2 aromatic rings. The van der Waals surface area contributed by atoms with Gasteiger partial charge in [-0.15, -0.1) is 11.3 Å². The summed E-state index contributed by atoms with van der Waals surface area (Å²) in [5, 5.41) is 2.81. The molecule has 0 spiro atoms. The third kappa shape index (κ3) is 2.79. The second-order valence-corrected chi connectivity index (χ2v) is 6.03. The smallest absolute Gasteiger partial charge is 0.263 e. The van der Waals surface area contributed by atoms with Crippen molar-refractivity contribution in [2.75, 3.05) is 5.32 Å². The number of nitrogens with two attached hydrogens (primary N) is 1. The number of amides is 1. The highest BCUT2D eigenvalue weighted by molar-refractivity contribution is 7.15. The van der Waals surface area contributed by atoms with Crippen molar-refractivity contribution in [1.82, 2.24) is 4.98 Å². The van der Waals surface area contributed by atoms with Gasteiger partial charge in [-0.1, -0.05) is 6.07 Å². The standard InChI is InChI=1S/C14H13F2N3OS/c15-8-2-1-3-9(16)12(8)13(20)19-14-18-10-5-4-7(17)6-11(10)21-14/h1-3,7H,4-6,17H2,(H,18,19,20)/t7-/m0/s1. The van der Waals surface area contributed by atoms with Crippen molar-refractivity contribution in [3.8, 4) is 0 Å². The van der Waals surface area contributed by atoms with Gasteiger partial charge in [0.15, 0.2) is 5.13 Å². The van der Waals surface area contributed by atoms with Crippen molar-refractivity contribution >= 4 is 22.4 Å². The van der Waals surface area contributed by atoms with Crippen molar-refractivity contribution in [2.45, 2.75) is 25.3 Å². The molecule has 0 radical (unpaired) electrons. The summed E-state index contributed by atoms with van der Waals surface area (Å²) >= 11 is 1.31. The number of thiazole rings is 1. The van der Waals surface area contributed by atoms with Gasteiger partial charge in [-0.05, 0) is 31.4 Å².